The normalized spacial score (nSPS) is 11.0. The molecule has 3 aromatic rings. The van der Waals surface area contributed by atoms with E-state index in [0.717, 1.165) is 15.1 Å². The average molecular weight is 431 g/mol. The molecule has 0 heterocycles. The maximum atomic E-state index is 6.03. The fourth-order valence-corrected chi connectivity index (χ4v) is 8.40. The minimum atomic E-state index is -0.123. The molecular weight excluding hydrogens is 419 g/mol. The second-order valence-corrected chi connectivity index (χ2v) is 11.9. The highest BCUT2D eigenvalue weighted by molar-refractivity contribution is 9.06. The first kappa shape index (κ1) is 18.4. The van der Waals surface area contributed by atoms with Crippen molar-refractivity contribution in [3.8, 4) is 0 Å². The summed E-state index contributed by atoms with van der Waals surface area (Å²) in [6.45, 7) is 0. The number of halogens is 3. The summed E-state index contributed by atoms with van der Waals surface area (Å²) in [6, 6.07) is 23.9. The Morgan fingerprint density at radius 3 is 1.21 bits per heavy atom. The van der Waals surface area contributed by atoms with Gasteiger partial charge in [0, 0.05) is 15.1 Å². The molecule has 0 radical (unpaired) electrons. The van der Waals surface area contributed by atoms with Crippen LogP contribution >= 0.6 is 56.4 Å². The fraction of sp³-hybridized carbons (Fsp3) is 0. The molecule has 3 rings (SSSR count). The summed E-state index contributed by atoms with van der Waals surface area (Å²) in [7, 11) is 3.50. The first-order chi connectivity index (χ1) is 11.6. The Balaban J connectivity index is 1.86. The zero-order valence-corrected chi connectivity index (χ0v) is 17.0. The molecule has 0 N–H and O–H groups in total. The van der Waals surface area contributed by atoms with Crippen molar-refractivity contribution in [3.63, 3.8) is 0 Å². The minimum absolute atomic E-state index is 0.123. The van der Waals surface area contributed by atoms with Gasteiger partial charge in [0.15, 0.2) is 13.9 Å². The zero-order chi connectivity index (χ0) is 16.9. The summed E-state index contributed by atoms with van der Waals surface area (Å²) in [5.41, 5.74) is 0. The number of benzene rings is 3. The maximum Gasteiger partial charge on any atom is 0.182 e. The van der Waals surface area contributed by atoms with Crippen LogP contribution in [0.2, 0.25) is 15.1 Å². The van der Waals surface area contributed by atoms with Gasteiger partial charge in [-0.3, -0.25) is 0 Å². The number of hydrogen-bond acceptors (Lipinski definition) is 2. The second kappa shape index (κ2) is 8.79. The Morgan fingerprint density at radius 2 is 0.833 bits per heavy atom. The summed E-state index contributed by atoms with van der Waals surface area (Å²) in [6.07, 6.45) is 0. The van der Waals surface area contributed by atoms with Crippen molar-refractivity contribution in [2.24, 2.45) is 0 Å². The van der Waals surface area contributed by atoms with Crippen LogP contribution in [0.5, 0.6) is 0 Å². The molecule has 0 atom stereocenters. The maximum absolute atomic E-state index is 6.03. The summed E-state index contributed by atoms with van der Waals surface area (Å²) in [5.74, 6) is 0. The van der Waals surface area contributed by atoms with Crippen molar-refractivity contribution in [3.05, 3.63) is 87.9 Å². The lowest BCUT2D eigenvalue weighted by Crippen LogP contribution is -1.92. The number of hydrogen-bond donors (Lipinski definition) is 0. The van der Waals surface area contributed by atoms with Gasteiger partial charge in [-0.25, -0.2) is 0 Å². The summed E-state index contributed by atoms with van der Waals surface area (Å²) in [5, 5.41) is 2.24. The van der Waals surface area contributed by atoms with Gasteiger partial charge in [-0.1, -0.05) is 34.8 Å². The van der Waals surface area contributed by atoms with E-state index in [4.69, 9.17) is 34.8 Å². The third-order valence-electron chi connectivity index (χ3n) is 2.98. The van der Waals surface area contributed by atoms with Gasteiger partial charge in [0.05, 0.1) is 9.79 Å². The zero-order valence-electron chi connectivity index (χ0n) is 12.3. The van der Waals surface area contributed by atoms with Crippen LogP contribution in [0.15, 0.2) is 87.5 Å². The van der Waals surface area contributed by atoms with Crippen LogP contribution in [0.3, 0.4) is 0 Å². The van der Waals surface area contributed by atoms with Crippen LogP contribution in [-0.4, -0.2) is 0 Å². The van der Waals surface area contributed by atoms with E-state index in [1.807, 2.05) is 82.3 Å². The molecule has 0 nitrogen and oxygen atoms in total. The standard InChI is InChI=1S/C18H12Cl3S3/c19-13-1-7-16(8-2-13)22-24(18-11-5-15(21)6-12-18)23-17-9-3-14(20)4-10-17/h1-12H/q+1. The molecule has 0 aliphatic heterocycles. The van der Waals surface area contributed by atoms with Crippen LogP contribution in [0.4, 0.5) is 0 Å². The highest BCUT2D eigenvalue weighted by Gasteiger charge is 2.28. The van der Waals surface area contributed by atoms with Crippen molar-refractivity contribution in [1.82, 2.24) is 0 Å². The Bertz CT molecular complexity index is 740. The molecule has 3 aromatic carbocycles. The van der Waals surface area contributed by atoms with Gasteiger partial charge in [-0.05, 0) is 72.8 Å². The van der Waals surface area contributed by atoms with Crippen molar-refractivity contribution in [1.29, 1.82) is 0 Å². The lowest BCUT2D eigenvalue weighted by atomic mass is 10.4. The van der Waals surface area contributed by atoms with E-state index in [-0.39, 0.29) is 8.96 Å². The predicted octanol–water partition coefficient (Wildman–Crippen LogP) is 8.04. The molecule has 0 aliphatic carbocycles. The quantitative estimate of drug-likeness (QED) is 0.296. The third-order valence-corrected chi connectivity index (χ3v) is 10.1. The topological polar surface area (TPSA) is 0 Å². The highest BCUT2D eigenvalue weighted by Crippen LogP contribution is 2.45. The molecule has 0 amide bonds. The third kappa shape index (κ3) is 5.29. The van der Waals surface area contributed by atoms with E-state index >= 15 is 0 Å². The summed E-state index contributed by atoms with van der Waals surface area (Å²) < 4.78 is 0. The molecule has 0 saturated carbocycles. The van der Waals surface area contributed by atoms with Crippen molar-refractivity contribution in [2.45, 2.75) is 14.7 Å². The van der Waals surface area contributed by atoms with E-state index < -0.39 is 0 Å². The SMILES string of the molecule is Clc1ccc(S[S+](Sc2ccc(Cl)cc2)c2ccc(Cl)cc2)cc1. The molecule has 0 spiro atoms. The monoisotopic (exact) mass is 429 g/mol. The predicted molar refractivity (Wildman–Crippen MR) is 112 cm³/mol. The number of rotatable bonds is 5. The van der Waals surface area contributed by atoms with E-state index in [2.05, 4.69) is 12.1 Å². The van der Waals surface area contributed by atoms with Crippen LogP contribution in [0.25, 0.3) is 0 Å². The molecule has 0 fully saturated rings. The van der Waals surface area contributed by atoms with E-state index in [1.54, 1.807) is 0 Å². The molecule has 0 aromatic heterocycles. The van der Waals surface area contributed by atoms with Gasteiger partial charge in [0.2, 0.25) is 0 Å². The van der Waals surface area contributed by atoms with Gasteiger partial charge in [-0.15, -0.1) is 0 Å². The first-order valence-corrected chi connectivity index (χ1v) is 12.0. The van der Waals surface area contributed by atoms with Crippen molar-refractivity contribution < 1.29 is 0 Å². The minimum Gasteiger partial charge on any atom is -0.0843 e. The second-order valence-electron chi connectivity index (χ2n) is 4.76. The van der Waals surface area contributed by atoms with Crippen molar-refractivity contribution in [2.75, 3.05) is 0 Å². The Hall–Kier alpha value is -0.420. The van der Waals surface area contributed by atoms with Crippen LogP contribution in [0.1, 0.15) is 0 Å². The molecule has 0 bridgehead atoms. The molecule has 24 heavy (non-hydrogen) atoms. The molecule has 0 unspecified atom stereocenters. The van der Waals surface area contributed by atoms with Gasteiger partial charge in [0.25, 0.3) is 0 Å². The van der Waals surface area contributed by atoms with E-state index in [0.29, 0.717) is 0 Å². The van der Waals surface area contributed by atoms with Crippen LogP contribution in [0, 0.1) is 0 Å². The first-order valence-electron chi connectivity index (χ1n) is 6.98. The van der Waals surface area contributed by atoms with Gasteiger partial charge < -0.3 is 0 Å². The van der Waals surface area contributed by atoms with Gasteiger partial charge >= 0.3 is 0 Å². The lowest BCUT2D eigenvalue weighted by Gasteiger charge is -2.05. The molecule has 6 heteroatoms. The van der Waals surface area contributed by atoms with Crippen molar-refractivity contribution >= 4 is 65.3 Å². The smallest absolute Gasteiger partial charge is 0.0843 e. The Labute approximate surface area is 167 Å². The van der Waals surface area contributed by atoms with Crippen LogP contribution in [-0.2, 0) is 8.96 Å². The summed E-state index contributed by atoms with van der Waals surface area (Å²) >= 11 is 18.0. The van der Waals surface area contributed by atoms with Gasteiger partial charge in [0.1, 0.15) is 21.6 Å². The Morgan fingerprint density at radius 1 is 0.500 bits per heavy atom. The fourth-order valence-electron chi connectivity index (χ4n) is 1.81. The average Bonchev–Trinajstić information content (AvgIpc) is 2.59. The largest absolute Gasteiger partial charge is 0.182 e. The van der Waals surface area contributed by atoms with E-state index in [1.165, 1.54) is 14.7 Å². The Kier molecular flexibility index (Phi) is 6.73. The molecular formula is C18H12Cl3S3+. The lowest BCUT2D eigenvalue weighted by molar-refractivity contribution is 1.46. The molecule has 122 valence electrons. The van der Waals surface area contributed by atoms with E-state index in [9.17, 15) is 0 Å². The molecule has 0 saturated heterocycles. The molecule has 0 aliphatic rings. The van der Waals surface area contributed by atoms with Gasteiger partial charge in [-0.2, -0.15) is 0 Å². The summed E-state index contributed by atoms with van der Waals surface area (Å²) in [4.78, 5) is 3.59. The highest BCUT2D eigenvalue weighted by atomic mass is 35.5. The van der Waals surface area contributed by atoms with Crippen LogP contribution < -0.4 is 0 Å².